The molecular weight excluding hydrogens is 367 g/mol. The smallest absolute Gasteiger partial charge is 0.475 e. The van der Waals surface area contributed by atoms with Crippen LogP contribution in [0.3, 0.4) is 0 Å². The molecule has 2 atom stereocenters. The average molecular weight is 395 g/mol. The maximum absolute atomic E-state index is 10.6. The maximum Gasteiger partial charge on any atom is 0.490 e. The van der Waals surface area contributed by atoms with E-state index in [1.54, 1.807) is 0 Å². The van der Waals surface area contributed by atoms with Crippen LogP contribution < -0.4 is 0 Å². The van der Waals surface area contributed by atoms with Gasteiger partial charge in [0.25, 0.3) is 0 Å². The summed E-state index contributed by atoms with van der Waals surface area (Å²) in [7, 11) is 0. The Bertz CT molecular complexity index is 697. The topological polar surface area (TPSA) is 40.5 Å². The van der Waals surface area contributed by atoms with Crippen LogP contribution in [0.1, 0.15) is 50.2 Å². The summed E-state index contributed by atoms with van der Waals surface area (Å²) in [4.78, 5) is 11.6. The molecule has 154 valence electrons. The van der Waals surface area contributed by atoms with Crippen LogP contribution in [0, 0.1) is 30.6 Å². The number of rotatable bonds is 2. The lowest BCUT2D eigenvalue weighted by Gasteiger charge is -2.28. The third-order valence-electron chi connectivity index (χ3n) is 5.35. The average Bonchev–Trinajstić information content (AvgIpc) is 3.29. The SMILES string of the molecule is Cc1ccc(C#CC(C2CCCC2)N2CCC(C)C2)cc1.O=C(O)C(F)(F)F. The van der Waals surface area contributed by atoms with Crippen molar-refractivity contribution in [1.82, 2.24) is 4.90 Å². The van der Waals surface area contributed by atoms with E-state index >= 15 is 0 Å². The number of aryl methyl sites for hydroxylation is 1. The lowest BCUT2D eigenvalue weighted by Crippen LogP contribution is -2.37. The molecule has 2 aliphatic rings. The van der Waals surface area contributed by atoms with Gasteiger partial charge in [-0.05, 0) is 56.7 Å². The van der Waals surface area contributed by atoms with Gasteiger partial charge in [0.05, 0.1) is 6.04 Å². The van der Waals surface area contributed by atoms with Crippen molar-refractivity contribution in [3.8, 4) is 11.8 Å². The van der Waals surface area contributed by atoms with Gasteiger partial charge in [0.15, 0.2) is 0 Å². The van der Waals surface area contributed by atoms with Crippen molar-refractivity contribution >= 4 is 5.97 Å². The summed E-state index contributed by atoms with van der Waals surface area (Å²) in [5, 5.41) is 7.12. The third-order valence-corrected chi connectivity index (χ3v) is 5.35. The summed E-state index contributed by atoms with van der Waals surface area (Å²) in [6, 6.07) is 9.11. The first kappa shape index (κ1) is 22.3. The molecule has 3 nitrogen and oxygen atoms in total. The fourth-order valence-corrected chi connectivity index (χ4v) is 3.80. The van der Waals surface area contributed by atoms with Gasteiger partial charge in [-0.25, -0.2) is 4.79 Å². The summed E-state index contributed by atoms with van der Waals surface area (Å²) in [5.41, 5.74) is 2.47. The van der Waals surface area contributed by atoms with E-state index in [9.17, 15) is 13.2 Å². The standard InChI is InChI=1S/C20H27N.C2HF3O2/c1-16-7-9-18(10-8-16)11-12-20(19-5-3-4-6-19)21-14-13-17(2)15-21;3-2(4,5)1(6)7/h7-10,17,19-20H,3-6,13-15H2,1-2H3;(H,6,7). The molecule has 0 bridgehead atoms. The highest BCUT2D eigenvalue weighted by atomic mass is 19.4. The van der Waals surface area contributed by atoms with Gasteiger partial charge < -0.3 is 5.11 Å². The molecule has 6 heteroatoms. The van der Waals surface area contributed by atoms with Crippen molar-refractivity contribution in [2.45, 2.75) is 58.2 Å². The molecule has 0 spiro atoms. The second-order valence-corrected chi connectivity index (χ2v) is 7.82. The number of hydrogen-bond donors (Lipinski definition) is 1. The second kappa shape index (κ2) is 9.97. The summed E-state index contributed by atoms with van der Waals surface area (Å²) in [6.07, 6.45) is 1.80. The Kier molecular flexibility index (Phi) is 7.94. The minimum absolute atomic E-state index is 0.485. The van der Waals surface area contributed by atoms with E-state index in [1.807, 2.05) is 0 Å². The zero-order chi connectivity index (χ0) is 20.7. The van der Waals surface area contributed by atoms with Crippen molar-refractivity contribution in [3.63, 3.8) is 0 Å². The summed E-state index contributed by atoms with van der Waals surface area (Å²) in [5.74, 6) is 5.97. The summed E-state index contributed by atoms with van der Waals surface area (Å²) >= 11 is 0. The minimum Gasteiger partial charge on any atom is -0.475 e. The molecular formula is C22H28F3NO2. The molecule has 1 aromatic carbocycles. The van der Waals surface area contributed by atoms with E-state index < -0.39 is 12.1 Å². The van der Waals surface area contributed by atoms with Gasteiger partial charge in [-0.3, -0.25) is 4.90 Å². The first-order chi connectivity index (χ1) is 13.2. The number of likely N-dealkylation sites (tertiary alicyclic amines) is 1. The number of hydrogen-bond acceptors (Lipinski definition) is 2. The van der Waals surface area contributed by atoms with E-state index in [0.717, 1.165) is 17.4 Å². The molecule has 1 saturated heterocycles. The highest BCUT2D eigenvalue weighted by molar-refractivity contribution is 5.73. The van der Waals surface area contributed by atoms with E-state index in [0.29, 0.717) is 6.04 Å². The van der Waals surface area contributed by atoms with Crippen LogP contribution in [-0.2, 0) is 4.79 Å². The molecule has 2 unspecified atom stereocenters. The number of aliphatic carboxylic acids is 1. The fourth-order valence-electron chi connectivity index (χ4n) is 3.80. The van der Waals surface area contributed by atoms with Gasteiger partial charge in [-0.2, -0.15) is 13.2 Å². The Morgan fingerprint density at radius 3 is 2.21 bits per heavy atom. The molecule has 0 amide bonds. The van der Waals surface area contributed by atoms with Crippen LogP contribution >= 0.6 is 0 Å². The van der Waals surface area contributed by atoms with Crippen LogP contribution in [0.15, 0.2) is 24.3 Å². The molecule has 1 aliphatic heterocycles. The Balaban J connectivity index is 0.000000345. The molecule has 1 heterocycles. The second-order valence-electron chi connectivity index (χ2n) is 7.82. The lowest BCUT2D eigenvalue weighted by atomic mass is 9.96. The van der Waals surface area contributed by atoms with Crippen LogP contribution in [-0.4, -0.2) is 41.3 Å². The maximum atomic E-state index is 10.6. The quantitative estimate of drug-likeness (QED) is 0.726. The number of halogens is 3. The van der Waals surface area contributed by atoms with Crippen LogP contribution in [0.2, 0.25) is 0 Å². The Morgan fingerprint density at radius 1 is 1.18 bits per heavy atom. The lowest BCUT2D eigenvalue weighted by molar-refractivity contribution is -0.192. The molecule has 3 rings (SSSR count). The highest BCUT2D eigenvalue weighted by Gasteiger charge is 2.38. The monoisotopic (exact) mass is 395 g/mol. The number of carboxylic acid groups (broad SMARTS) is 1. The molecule has 28 heavy (non-hydrogen) atoms. The van der Waals surface area contributed by atoms with E-state index in [4.69, 9.17) is 9.90 Å². The molecule has 0 aromatic heterocycles. The minimum atomic E-state index is -5.08. The summed E-state index contributed by atoms with van der Waals surface area (Å²) < 4.78 is 31.7. The van der Waals surface area contributed by atoms with Crippen LogP contribution in [0.5, 0.6) is 0 Å². The molecule has 1 aromatic rings. The number of benzene rings is 1. The van der Waals surface area contributed by atoms with E-state index in [1.165, 1.54) is 50.8 Å². The molecule has 2 fully saturated rings. The zero-order valence-electron chi connectivity index (χ0n) is 16.4. The molecule has 1 aliphatic carbocycles. The largest absolute Gasteiger partial charge is 0.490 e. The van der Waals surface area contributed by atoms with Gasteiger partial charge in [0.2, 0.25) is 0 Å². The number of carbonyl (C=O) groups is 1. The fraction of sp³-hybridized carbons (Fsp3) is 0.591. The predicted molar refractivity (Wildman–Crippen MR) is 103 cm³/mol. The van der Waals surface area contributed by atoms with Gasteiger partial charge in [-0.15, -0.1) is 0 Å². The Morgan fingerprint density at radius 2 is 1.75 bits per heavy atom. The first-order valence-corrected chi connectivity index (χ1v) is 9.79. The molecule has 0 radical (unpaired) electrons. The third kappa shape index (κ3) is 6.87. The van der Waals surface area contributed by atoms with Crippen molar-refractivity contribution in [2.75, 3.05) is 13.1 Å². The van der Waals surface area contributed by atoms with E-state index in [-0.39, 0.29) is 0 Å². The Hall–Kier alpha value is -2.00. The van der Waals surface area contributed by atoms with Gasteiger partial charge in [0, 0.05) is 12.1 Å². The number of alkyl halides is 3. The number of nitrogens with zero attached hydrogens (tertiary/aromatic N) is 1. The molecule has 1 saturated carbocycles. The van der Waals surface area contributed by atoms with Gasteiger partial charge in [-0.1, -0.05) is 49.3 Å². The van der Waals surface area contributed by atoms with Crippen molar-refractivity contribution in [3.05, 3.63) is 35.4 Å². The van der Waals surface area contributed by atoms with Crippen molar-refractivity contribution in [2.24, 2.45) is 11.8 Å². The molecule has 1 N–H and O–H groups in total. The predicted octanol–water partition coefficient (Wildman–Crippen LogP) is 4.88. The number of carboxylic acids is 1. The van der Waals surface area contributed by atoms with Crippen LogP contribution in [0.25, 0.3) is 0 Å². The van der Waals surface area contributed by atoms with E-state index in [2.05, 4.69) is 54.9 Å². The zero-order valence-corrected chi connectivity index (χ0v) is 16.4. The van der Waals surface area contributed by atoms with Crippen molar-refractivity contribution < 1.29 is 23.1 Å². The first-order valence-electron chi connectivity index (χ1n) is 9.79. The van der Waals surface area contributed by atoms with Crippen molar-refractivity contribution in [1.29, 1.82) is 0 Å². The normalized spacial score (nSPS) is 21.4. The van der Waals surface area contributed by atoms with Gasteiger partial charge in [0.1, 0.15) is 0 Å². The van der Waals surface area contributed by atoms with Gasteiger partial charge >= 0.3 is 12.1 Å². The highest BCUT2D eigenvalue weighted by Crippen LogP contribution is 2.32. The Labute approximate surface area is 164 Å². The van der Waals surface area contributed by atoms with Crippen LogP contribution in [0.4, 0.5) is 13.2 Å². The summed E-state index contributed by atoms with van der Waals surface area (Å²) in [6.45, 7) is 6.98.